The van der Waals surface area contributed by atoms with E-state index >= 15 is 0 Å². The summed E-state index contributed by atoms with van der Waals surface area (Å²) in [6.45, 7) is 24.9. The summed E-state index contributed by atoms with van der Waals surface area (Å²) in [5.41, 5.74) is -1.49. The van der Waals surface area contributed by atoms with Gasteiger partial charge in [-0.1, -0.05) is 27.7 Å². The van der Waals surface area contributed by atoms with Gasteiger partial charge in [0.1, 0.15) is 16.8 Å². The summed E-state index contributed by atoms with van der Waals surface area (Å²) >= 11 is 5.35. The number of ether oxygens (including phenoxy) is 3. The Labute approximate surface area is 252 Å². The van der Waals surface area contributed by atoms with Crippen molar-refractivity contribution in [1.82, 2.24) is 0 Å². The van der Waals surface area contributed by atoms with E-state index < -0.39 is 16.8 Å². The van der Waals surface area contributed by atoms with Crippen LogP contribution in [0, 0.1) is 23.2 Å². The summed E-state index contributed by atoms with van der Waals surface area (Å²) in [7, 11) is 0. The van der Waals surface area contributed by atoms with E-state index in [1.807, 2.05) is 83.1 Å². The second-order valence-electron chi connectivity index (χ2n) is 13.7. The van der Waals surface area contributed by atoms with Crippen molar-refractivity contribution in [1.29, 1.82) is 0 Å². The zero-order chi connectivity index (χ0) is 30.7. The fourth-order valence-electron chi connectivity index (χ4n) is 3.20. The van der Waals surface area contributed by atoms with Crippen molar-refractivity contribution in [2.45, 2.75) is 113 Å². The summed E-state index contributed by atoms with van der Waals surface area (Å²) in [6, 6.07) is 0. The summed E-state index contributed by atoms with van der Waals surface area (Å²) in [5.74, 6) is 3.65. The molecule has 0 aromatic heterocycles. The molecule has 230 valence electrons. The zero-order valence-electron chi connectivity index (χ0n) is 26.9. The van der Waals surface area contributed by atoms with Crippen LogP contribution in [-0.4, -0.2) is 69.2 Å². The van der Waals surface area contributed by atoms with Gasteiger partial charge in [0, 0.05) is 34.5 Å². The number of hydrogen-bond acceptors (Lipinski definition) is 9. The molecule has 6 nitrogen and oxygen atoms in total. The van der Waals surface area contributed by atoms with Gasteiger partial charge in [0.05, 0.1) is 17.8 Å². The predicted molar refractivity (Wildman–Crippen MR) is 170 cm³/mol. The largest absolute Gasteiger partial charge is 0.460 e. The molecule has 0 fully saturated rings. The molecule has 0 N–H and O–H groups in total. The van der Waals surface area contributed by atoms with Crippen LogP contribution in [0.25, 0.3) is 0 Å². The number of thioether (sulfide) groups is 3. The molecular formula is C30H56O6S3. The summed E-state index contributed by atoms with van der Waals surface area (Å²) in [4.78, 5) is 37.4. The number of carbonyl (C=O) groups is 3. The van der Waals surface area contributed by atoms with E-state index in [1.165, 1.54) is 0 Å². The van der Waals surface area contributed by atoms with Crippen molar-refractivity contribution >= 4 is 53.2 Å². The molecule has 3 atom stereocenters. The third-order valence-corrected chi connectivity index (χ3v) is 10.2. The van der Waals surface area contributed by atoms with Gasteiger partial charge in [0.2, 0.25) is 0 Å². The molecule has 0 aliphatic rings. The number of hydrogen-bond donors (Lipinski definition) is 0. The van der Waals surface area contributed by atoms with Crippen LogP contribution in [0.2, 0.25) is 0 Å². The smallest absolute Gasteiger partial charge is 0.310 e. The van der Waals surface area contributed by atoms with E-state index in [2.05, 4.69) is 6.92 Å². The molecule has 0 heterocycles. The zero-order valence-corrected chi connectivity index (χ0v) is 29.3. The molecule has 0 saturated carbocycles. The Morgan fingerprint density at radius 2 is 0.769 bits per heavy atom. The fourth-order valence-corrected chi connectivity index (χ4v) is 7.93. The Morgan fingerprint density at radius 3 is 0.949 bits per heavy atom. The molecule has 9 heteroatoms. The molecular weight excluding hydrogens is 553 g/mol. The highest BCUT2D eigenvalue weighted by molar-refractivity contribution is 8.01. The average Bonchev–Trinajstić information content (AvgIpc) is 2.74. The average molecular weight is 609 g/mol. The highest BCUT2D eigenvalue weighted by atomic mass is 32.2. The van der Waals surface area contributed by atoms with E-state index in [0.29, 0.717) is 17.3 Å². The Balaban J connectivity index is 5.26. The Kier molecular flexibility index (Phi) is 16.6. The fraction of sp³-hybridized carbons (Fsp3) is 0.900. The monoisotopic (exact) mass is 608 g/mol. The SMILES string of the molecule is CCC(CSCC(C)C(=O)OC(C)(C)C)(CSCC(C)C(=O)OC(C)(C)C)CSCC(C)C(=O)OC(C)(C)C. The third kappa shape index (κ3) is 18.5. The molecule has 0 bridgehead atoms. The van der Waals surface area contributed by atoms with Crippen LogP contribution in [0.15, 0.2) is 0 Å². The summed E-state index contributed by atoms with van der Waals surface area (Å²) in [6.07, 6.45) is 0.961. The molecule has 0 aliphatic heterocycles. The minimum absolute atomic E-state index is 0.00500. The lowest BCUT2D eigenvalue weighted by atomic mass is 9.92. The highest BCUT2D eigenvalue weighted by Gasteiger charge is 2.32. The standard InChI is InChI=1S/C30H56O6S3/c1-14-30(18-37-15-21(2)24(31)34-27(5,6)7,19-38-16-22(3)25(32)35-28(8,9)10)20-39-17-23(4)26(33)36-29(11,12)13/h21-23H,14-20H2,1-13H3. The van der Waals surface area contributed by atoms with Gasteiger partial charge in [-0.15, -0.1) is 0 Å². The first-order valence-corrected chi connectivity index (χ1v) is 17.5. The van der Waals surface area contributed by atoms with Gasteiger partial charge in [-0.3, -0.25) is 14.4 Å². The molecule has 0 spiro atoms. The van der Waals surface area contributed by atoms with Gasteiger partial charge in [0.25, 0.3) is 0 Å². The van der Waals surface area contributed by atoms with Crippen LogP contribution in [0.5, 0.6) is 0 Å². The van der Waals surface area contributed by atoms with E-state index in [1.54, 1.807) is 35.3 Å². The summed E-state index contributed by atoms with van der Waals surface area (Å²) < 4.78 is 16.7. The molecule has 0 rings (SSSR count). The number of rotatable bonds is 16. The van der Waals surface area contributed by atoms with Crippen molar-refractivity contribution in [3.05, 3.63) is 0 Å². The molecule has 0 radical (unpaired) electrons. The Hall–Kier alpha value is -0.540. The lowest BCUT2D eigenvalue weighted by molar-refractivity contribution is -0.159. The molecule has 0 aliphatic carbocycles. The van der Waals surface area contributed by atoms with Crippen LogP contribution >= 0.6 is 35.3 Å². The van der Waals surface area contributed by atoms with Gasteiger partial charge in [-0.05, 0) is 74.1 Å². The number of esters is 3. The van der Waals surface area contributed by atoms with Crippen molar-refractivity contribution in [2.75, 3.05) is 34.5 Å². The van der Waals surface area contributed by atoms with Gasteiger partial charge in [-0.2, -0.15) is 35.3 Å². The third-order valence-electron chi connectivity index (χ3n) is 5.51. The van der Waals surface area contributed by atoms with E-state index in [-0.39, 0.29) is 41.1 Å². The topological polar surface area (TPSA) is 78.9 Å². The van der Waals surface area contributed by atoms with Crippen LogP contribution in [-0.2, 0) is 28.6 Å². The van der Waals surface area contributed by atoms with E-state index in [4.69, 9.17) is 14.2 Å². The van der Waals surface area contributed by atoms with Crippen molar-refractivity contribution < 1.29 is 28.6 Å². The lowest BCUT2D eigenvalue weighted by Gasteiger charge is -2.33. The van der Waals surface area contributed by atoms with Gasteiger partial charge < -0.3 is 14.2 Å². The summed E-state index contributed by atoms with van der Waals surface area (Å²) in [5, 5.41) is 0. The maximum atomic E-state index is 12.5. The van der Waals surface area contributed by atoms with Crippen molar-refractivity contribution in [2.24, 2.45) is 23.2 Å². The lowest BCUT2D eigenvalue weighted by Crippen LogP contribution is -2.33. The second kappa shape index (κ2) is 16.8. The molecule has 3 unspecified atom stereocenters. The Morgan fingerprint density at radius 1 is 0.538 bits per heavy atom. The molecule has 0 aromatic rings. The minimum atomic E-state index is -0.494. The maximum absolute atomic E-state index is 12.5. The molecule has 0 amide bonds. The van der Waals surface area contributed by atoms with Crippen molar-refractivity contribution in [3.8, 4) is 0 Å². The maximum Gasteiger partial charge on any atom is 0.310 e. The number of carbonyl (C=O) groups excluding carboxylic acids is 3. The van der Waals surface area contributed by atoms with E-state index in [0.717, 1.165) is 23.7 Å². The van der Waals surface area contributed by atoms with Crippen LogP contribution < -0.4 is 0 Å². The second-order valence-corrected chi connectivity index (χ2v) is 16.8. The van der Waals surface area contributed by atoms with Crippen molar-refractivity contribution in [3.63, 3.8) is 0 Å². The first-order valence-electron chi connectivity index (χ1n) is 14.0. The first-order chi connectivity index (χ1) is 17.6. The van der Waals surface area contributed by atoms with Gasteiger partial charge in [-0.25, -0.2) is 0 Å². The highest BCUT2D eigenvalue weighted by Crippen LogP contribution is 2.37. The minimum Gasteiger partial charge on any atom is -0.460 e. The first kappa shape index (κ1) is 38.5. The van der Waals surface area contributed by atoms with E-state index in [9.17, 15) is 14.4 Å². The predicted octanol–water partition coefficient (Wildman–Crippen LogP) is 7.52. The molecule has 0 saturated heterocycles. The van der Waals surface area contributed by atoms with Gasteiger partial charge in [0.15, 0.2) is 0 Å². The quantitative estimate of drug-likeness (QED) is 0.131. The van der Waals surface area contributed by atoms with Crippen LogP contribution in [0.1, 0.15) is 96.4 Å². The van der Waals surface area contributed by atoms with Crippen LogP contribution in [0.3, 0.4) is 0 Å². The Bertz CT molecular complexity index is 666. The van der Waals surface area contributed by atoms with Crippen LogP contribution in [0.4, 0.5) is 0 Å². The molecule has 0 aromatic carbocycles. The van der Waals surface area contributed by atoms with Gasteiger partial charge >= 0.3 is 17.9 Å². The normalized spacial score (nSPS) is 16.5. The molecule has 39 heavy (non-hydrogen) atoms.